The van der Waals surface area contributed by atoms with E-state index >= 15 is 0 Å². The molecule has 33 heavy (non-hydrogen) atoms. The summed E-state index contributed by atoms with van der Waals surface area (Å²) < 4.78 is 13.9. The minimum Gasteiger partial charge on any atom is -0.493 e. The van der Waals surface area contributed by atoms with Gasteiger partial charge in [-0.25, -0.2) is 0 Å². The maximum absolute atomic E-state index is 13.0. The van der Waals surface area contributed by atoms with Crippen molar-refractivity contribution in [2.75, 3.05) is 19.5 Å². The SMILES string of the molecule is COc1cc2c(O)[n+](C3CCCCC3)c(O)[n+](CC(=O)Nc3ccccc3C)c2cc1OC. The van der Waals surface area contributed by atoms with Crippen LogP contribution < -0.4 is 23.9 Å². The summed E-state index contributed by atoms with van der Waals surface area (Å²) in [6.45, 7) is 1.78. The number of para-hydroxylation sites is 1. The number of fused-ring (bicyclic) bond motifs is 1. The van der Waals surface area contributed by atoms with Crippen LogP contribution in [0.15, 0.2) is 36.4 Å². The van der Waals surface area contributed by atoms with Gasteiger partial charge in [0.1, 0.15) is 0 Å². The Labute approximate surface area is 193 Å². The normalized spacial score (nSPS) is 14.3. The number of aromatic hydroxyl groups is 2. The second-order valence-electron chi connectivity index (χ2n) is 8.46. The lowest BCUT2D eigenvalue weighted by Crippen LogP contribution is -2.53. The number of ether oxygens (including phenoxy) is 2. The molecular weight excluding hydrogens is 422 g/mol. The van der Waals surface area contributed by atoms with Crippen LogP contribution in [0.25, 0.3) is 10.9 Å². The summed E-state index contributed by atoms with van der Waals surface area (Å²) in [6.07, 6.45) is 4.87. The van der Waals surface area contributed by atoms with E-state index in [1.807, 2.05) is 31.2 Å². The largest absolute Gasteiger partial charge is 0.632 e. The number of carbonyl (C=O) groups is 1. The monoisotopic (exact) mass is 453 g/mol. The van der Waals surface area contributed by atoms with E-state index in [1.54, 1.807) is 16.7 Å². The number of hydrogen-bond donors (Lipinski definition) is 3. The Kier molecular flexibility index (Phi) is 6.53. The fraction of sp³-hybridized carbons (Fsp3) is 0.400. The molecule has 1 aromatic heterocycles. The fourth-order valence-electron chi connectivity index (χ4n) is 4.61. The van der Waals surface area contributed by atoms with Crippen LogP contribution in [0.4, 0.5) is 5.69 Å². The van der Waals surface area contributed by atoms with Gasteiger partial charge in [-0.1, -0.05) is 33.8 Å². The maximum Gasteiger partial charge on any atom is 0.632 e. The van der Waals surface area contributed by atoms with E-state index in [0.717, 1.165) is 37.7 Å². The molecule has 3 aromatic rings. The van der Waals surface area contributed by atoms with Gasteiger partial charge in [0.15, 0.2) is 22.9 Å². The van der Waals surface area contributed by atoms with E-state index in [0.29, 0.717) is 28.1 Å². The van der Waals surface area contributed by atoms with E-state index in [-0.39, 0.29) is 30.4 Å². The van der Waals surface area contributed by atoms with Crippen LogP contribution >= 0.6 is 0 Å². The van der Waals surface area contributed by atoms with Crippen LogP contribution in [0.1, 0.15) is 43.7 Å². The molecule has 0 saturated heterocycles. The van der Waals surface area contributed by atoms with E-state index in [9.17, 15) is 15.0 Å². The Hall–Kier alpha value is -3.55. The van der Waals surface area contributed by atoms with Gasteiger partial charge in [-0.15, -0.1) is 0 Å². The zero-order valence-corrected chi connectivity index (χ0v) is 19.3. The number of carbonyl (C=O) groups excluding carboxylic acids is 1. The smallest absolute Gasteiger partial charge is 0.493 e. The van der Waals surface area contributed by atoms with Crippen molar-refractivity contribution >= 4 is 22.5 Å². The second kappa shape index (κ2) is 9.52. The summed E-state index contributed by atoms with van der Waals surface area (Å²) >= 11 is 0. The number of benzene rings is 2. The Morgan fingerprint density at radius 1 is 1.06 bits per heavy atom. The zero-order chi connectivity index (χ0) is 23.5. The molecule has 1 aliphatic rings. The van der Waals surface area contributed by atoms with Crippen molar-refractivity contribution in [3.05, 3.63) is 42.0 Å². The number of aromatic nitrogens is 2. The summed E-state index contributed by atoms with van der Waals surface area (Å²) in [7, 11) is 3.05. The minimum absolute atomic E-state index is 0.0501. The maximum atomic E-state index is 13.0. The van der Waals surface area contributed by atoms with Gasteiger partial charge in [-0.05, 0) is 31.4 Å². The zero-order valence-electron chi connectivity index (χ0n) is 19.3. The quantitative estimate of drug-likeness (QED) is 0.498. The molecule has 0 atom stereocenters. The van der Waals surface area contributed by atoms with Crippen LogP contribution in [0, 0.1) is 6.92 Å². The molecule has 0 spiro atoms. The number of nitrogens with one attached hydrogen (secondary N) is 1. The Morgan fingerprint density at radius 2 is 1.73 bits per heavy atom. The van der Waals surface area contributed by atoms with Gasteiger partial charge in [0, 0.05) is 24.6 Å². The van der Waals surface area contributed by atoms with Crippen molar-refractivity contribution in [3.8, 4) is 23.4 Å². The van der Waals surface area contributed by atoms with Crippen molar-refractivity contribution in [2.24, 2.45) is 0 Å². The lowest BCUT2D eigenvalue weighted by atomic mass is 9.95. The molecular formula is C25H31N3O5+2. The number of rotatable bonds is 6. The number of methoxy groups -OCH3 is 2. The van der Waals surface area contributed by atoms with Crippen LogP contribution in [0.2, 0.25) is 0 Å². The van der Waals surface area contributed by atoms with Gasteiger partial charge in [-0.3, -0.25) is 4.79 Å². The number of aryl methyl sites for hydroxylation is 1. The topological polar surface area (TPSA) is 95.8 Å². The predicted octanol–water partition coefficient (Wildman–Crippen LogP) is 3.30. The Morgan fingerprint density at radius 3 is 2.39 bits per heavy atom. The molecule has 1 fully saturated rings. The molecule has 174 valence electrons. The van der Waals surface area contributed by atoms with Crippen molar-refractivity contribution in [2.45, 2.75) is 51.6 Å². The van der Waals surface area contributed by atoms with E-state index in [1.165, 1.54) is 18.8 Å². The van der Waals surface area contributed by atoms with Gasteiger partial charge < -0.3 is 25.0 Å². The highest BCUT2D eigenvalue weighted by Gasteiger charge is 2.40. The first-order chi connectivity index (χ1) is 15.9. The van der Waals surface area contributed by atoms with Crippen molar-refractivity contribution in [1.29, 1.82) is 0 Å². The Bertz CT molecular complexity index is 1190. The standard InChI is InChI=1S/C25H29N3O5/c1-16-9-7-8-12-19(16)26-23(29)15-27-20-14-22(33-3)21(32-2)13-18(20)24(30)28(25(27)31)17-10-5-4-6-11-17/h7-9,12-14,17H,4-6,10-11,15H2,1-3H3,(H,26,29)/p+2. The van der Waals surface area contributed by atoms with Gasteiger partial charge in [-0.2, -0.15) is 0 Å². The van der Waals surface area contributed by atoms with Crippen molar-refractivity contribution < 1.29 is 33.6 Å². The summed E-state index contributed by atoms with van der Waals surface area (Å²) in [5.74, 6) is 0.553. The number of anilines is 1. The summed E-state index contributed by atoms with van der Waals surface area (Å²) in [5.41, 5.74) is 2.12. The molecule has 1 aliphatic carbocycles. The first kappa shape index (κ1) is 22.6. The van der Waals surface area contributed by atoms with Crippen LogP contribution in [0.3, 0.4) is 0 Å². The molecule has 1 saturated carbocycles. The average molecular weight is 454 g/mol. The molecule has 3 N–H and O–H groups in total. The fourth-order valence-corrected chi connectivity index (χ4v) is 4.61. The van der Waals surface area contributed by atoms with E-state index in [2.05, 4.69) is 5.32 Å². The van der Waals surface area contributed by atoms with Gasteiger partial charge in [0.25, 0.3) is 5.91 Å². The van der Waals surface area contributed by atoms with Crippen LogP contribution in [0.5, 0.6) is 23.4 Å². The van der Waals surface area contributed by atoms with Crippen LogP contribution in [-0.4, -0.2) is 30.3 Å². The van der Waals surface area contributed by atoms with Gasteiger partial charge >= 0.3 is 11.9 Å². The third-order valence-electron chi connectivity index (χ3n) is 6.38. The highest BCUT2D eigenvalue weighted by molar-refractivity contribution is 5.91. The minimum atomic E-state index is -0.290. The van der Waals surface area contributed by atoms with Gasteiger partial charge in [0.05, 0.1) is 20.3 Å². The number of hydrogen-bond acceptors (Lipinski definition) is 5. The summed E-state index contributed by atoms with van der Waals surface area (Å²) in [4.78, 5) is 13.0. The second-order valence-corrected chi connectivity index (χ2v) is 8.46. The third-order valence-corrected chi connectivity index (χ3v) is 6.38. The molecule has 0 unspecified atom stereocenters. The number of amides is 1. The molecule has 8 nitrogen and oxygen atoms in total. The molecule has 2 aromatic carbocycles. The van der Waals surface area contributed by atoms with E-state index < -0.39 is 0 Å². The summed E-state index contributed by atoms with van der Waals surface area (Å²) in [5, 5.41) is 25.9. The molecule has 1 amide bonds. The highest BCUT2D eigenvalue weighted by Crippen LogP contribution is 2.36. The third kappa shape index (κ3) is 4.37. The molecule has 8 heteroatoms. The Balaban J connectivity index is 1.84. The summed E-state index contributed by atoms with van der Waals surface area (Å²) in [6, 6.07) is 10.6. The van der Waals surface area contributed by atoms with Crippen molar-refractivity contribution in [3.63, 3.8) is 0 Å². The van der Waals surface area contributed by atoms with Crippen molar-refractivity contribution in [1.82, 2.24) is 0 Å². The van der Waals surface area contributed by atoms with Crippen LogP contribution in [-0.2, 0) is 11.3 Å². The van der Waals surface area contributed by atoms with Gasteiger partial charge in [0.2, 0.25) is 12.1 Å². The highest BCUT2D eigenvalue weighted by atomic mass is 16.5. The first-order valence-corrected chi connectivity index (χ1v) is 11.2. The molecule has 4 rings (SSSR count). The lowest BCUT2D eigenvalue weighted by molar-refractivity contribution is -0.830. The average Bonchev–Trinajstić information content (AvgIpc) is 2.83. The lowest BCUT2D eigenvalue weighted by Gasteiger charge is -2.18. The molecule has 0 bridgehead atoms. The number of nitrogens with zero attached hydrogens (tertiary/aromatic N) is 2. The predicted molar refractivity (Wildman–Crippen MR) is 123 cm³/mol. The molecule has 1 heterocycles. The first-order valence-electron chi connectivity index (χ1n) is 11.2. The van der Waals surface area contributed by atoms with E-state index in [4.69, 9.17) is 9.47 Å². The molecule has 0 radical (unpaired) electrons. The molecule has 0 aliphatic heterocycles.